The van der Waals surface area contributed by atoms with Crippen LogP contribution >= 0.6 is 0 Å². The molecule has 10 nitrogen and oxygen atoms in total. The minimum absolute atomic E-state index is 0.00655. The van der Waals surface area contributed by atoms with Crippen LogP contribution in [0.2, 0.25) is 0 Å². The molecule has 0 spiro atoms. The summed E-state index contributed by atoms with van der Waals surface area (Å²) < 4.78 is 5.44. The van der Waals surface area contributed by atoms with Crippen molar-refractivity contribution in [3.8, 4) is 6.07 Å². The average molecular weight is 453 g/mol. The number of carbonyl (C=O) groups is 4. The van der Waals surface area contributed by atoms with Gasteiger partial charge in [0.05, 0.1) is 0 Å². The van der Waals surface area contributed by atoms with Gasteiger partial charge in [0, 0.05) is 56.8 Å². The standard InChI is InChI=1S/C23H27N5O5/c1-22(2,3)33-21(32)27-10-8-26(9-11-27)16-5-4-15-13-28(19(30)17(15)12-16)23(14-24)7-6-18(29)25-20(23)31/h4-5,12H,6-11,13H2,1-3H3,(H,25,29,31)/t23-/m0/s1. The molecule has 0 unspecified atom stereocenters. The summed E-state index contributed by atoms with van der Waals surface area (Å²) in [7, 11) is 0. The number of anilines is 1. The SMILES string of the molecule is CC(C)(C)OC(=O)N1CCN(c2ccc3c(c2)C(=O)N([C@]2(C#N)CCC(=O)NC2=O)C3)CC1. The Kier molecular flexibility index (Phi) is 5.52. The molecule has 0 saturated carbocycles. The van der Waals surface area contributed by atoms with Crippen molar-refractivity contribution < 1.29 is 23.9 Å². The number of amides is 4. The Morgan fingerprint density at radius 3 is 2.45 bits per heavy atom. The molecule has 3 heterocycles. The molecule has 4 amide bonds. The summed E-state index contributed by atoms with van der Waals surface area (Å²) in [4.78, 5) is 54.6. The Morgan fingerprint density at radius 1 is 1.15 bits per heavy atom. The summed E-state index contributed by atoms with van der Waals surface area (Å²) in [5, 5.41) is 12.0. The van der Waals surface area contributed by atoms with Gasteiger partial charge in [-0.05, 0) is 38.5 Å². The zero-order valence-corrected chi connectivity index (χ0v) is 19.0. The molecule has 0 bridgehead atoms. The fourth-order valence-electron chi connectivity index (χ4n) is 4.39. The zero-order valence-electron chi connectivity index (χ0n) is 19.0. The molecule has 1 aromatic rings. The molecule has 0 aromatic heterocycles. The van der Waals surface area contributed by atoms with Gasteiger partial charge in [-0.15, -0.1) is 0 Å². The van der Waals surface area contributed by atoms with Gasteiger partial charge in [-0.2, -0.15) is 5.26 Å². The third kappa shape index (κ3) is 4.11. The fraction of sp³-hybridized carbons (Fsp3) is 0.522. The lowest BCUT2D eigenvalue weighted by molar-refractivity contribution is -0.140. The minimum Gasteiger partial charge on any atom is -0.444 e. The van der Waals surface area contributed by atoms with Crippen LogP contribution in [0, 0.1) is 11.3 Å². The molecule has 0 radical (unpaired) electrons. The van der Waals surface area contributed by atoms with Gasteiger partial charge in [0.25, 0.3) is 11.8 Å². The van der Waals surface area contributed by atoms with E-state index in [4.69, 9.17) is 4.74 Å². The van der Waals surface area contributed by atoms with E-state index in [1.807, 2.05) is 39.0 Å². The number of piperidine rings is 1. The molecule has 3 aliphatic heterocycles. The quantitative estimate of drug-likeness (QED) is 0.672. The Bertz CT molecular complexity index is 1060. The van der Waals surface area contributed by atoms with E-state index in [9.17, 15) is 24.4 Å². The Labute approximate surface area is 192 Å². The van der Waals surface area contributed by atoms with Crippen molar-refractivity contribution in [3.63, 3.8) is 0 Å². The van der Waals surface area contributed by atoms with Crippen LogP contribution in [0.4, 0.5) is 10.5 Å². The summed E-state index contributed by atoms with van der Waals surface area (Å²) in [5.41, 5.74) is -0.230. The molecule has 1 N–H and O–H groups in total. The second-order valence-electron chi connectivity index (χ2n) is 9.54. The average Bonchev–Trinajstić information content (AvgIpc) is 3.09. The molecule has 1 aromatic carbocycles. The van der Waals surface area contributed by atoms with Gasteiger partial charge in [0.2, 0.25) is 11.4 Å². The first-order valence-corrected chi connectivity index (χ1v) is 11.0. The Morgan fingerprint density at radius 2 is 1.85 bits per heavy atom. The van der Waals surface area contributed by atoms with Crippen molar-refractivity contribution in [1.29, 1.82) is 5.26 Å². The lowest BCUT2D eigenvalue weighted by atomic mass is 9.88. The third-order valence-corrected chi connectivity index (χ3v) is 6.18. The number of nitrogens with zero attached hydrogens (tertiary/aromatic N) is 4. The van der Waals surface area contributed by atoms with Crippen molar-refractivity contribution in [2.75, 3.05) is 31.1 Å². The van der Waals surface area contributed by atoms with E-state index in [0.29, 0.717) is 31.7 Å². The first-order chi connectivity index (χ1) is 15.5. The van der Waals surface area contributed by atoms with Crippen molar-refractivity contribution in [1.82, 2.24) is 15.1 Å². The van der Waals surface area contributed by atoms with E-state index >= 15 is 0 Å². The summed E-state index contributed by atoms with van der Waals surface area (Å²) in [5.74, 6) is -1.59. The number of imide groups is 1. The third-order valence-electron chi connectivity index (χ3n) is 6.18. The topological polar surface area (TPSA) is 123 Å². The zero-order chi connectivity index (χ0) is 24.0. The van der Waals surface area contributed by atoms with Gasteiger partial charge >= 0.3 is 6.09 Å². The van der Waals surface area contributed by atoms with E-state index in [1.54, 1.807) is 11.0 Å². The lowest BCUT2D eigenvalue weighted by Crippen LogP contribution is -2.62. The number of nitriles is 1. The van der Waals surface area contributed by atoms with Crippen LogP contribution in [-0.2, 0) is 20.9 Å². The summed E-state index contributed by atoms with van der Waals surface area (Å²) in [6.07, 6.45) is -0.354. The van der Waals surface area contributed by atoms with E-state index < -0.39 is 28.9 Å². The molecule has 174 valence electrons. The van der Waals surface area contributed by atoms with E-state index in [-0.39, 0.29) is 25.5 Å². The van der Waals surface area contributed by atoms with Crippen LogP contribution in [-0.4, -0.2) is 70.9 Å². The van der Waals surface area contributed by atoms with Crippen LogP contribution in [0.1, 0.15) is 49.5 Å². The molecule has 3 aliphatic rings. The molecule has 4 rings (SSSR count). The van der Waals surface area contributed by atoms with E-state index in [2.05, 4.69) is 10.2 Å². The number of piperazine rings is 1. The molecule has 33 heavy (non-hydrogen) atoms. The molecular weight excluding hydrogens is 426 g/mol. The van der Waals surface area contributed by atoms with Gasteiger partial charge < -0.3 is 19.4 Å². The lowest BCUT2D eigenvalue weighted by Gasteiger charge is -2.37. The number of ether oxygens (including phenoxy) is 1. The predicted molar refractivity (Wildman–Crippen MR) is 117 cm³/mol. The highest BCUT2D eigenvalue weighted by Crippen LogP contribution is 2.35. The van der Waals surface area contributed by atoms with Gasteiger partial charge in [-0.25, -0.2) is 4.79 Å². The maximum Gasteiger partial charge on any atom is 0.410 e. The van der Waals surface area contributed by atoms with E-state index in [1.165, 1.54) is 4.90 Å². The highest BCUT2D eigenvalue weighted by Gasteiger charge is 2.52. The number of hydrogen-bond donors (Lipinski definition) is 1. The van der Waals surface area contributed by atoms with Crippen LogP contribution in [0.25, 0.3) is 0 Å². The van der Waals surface area contributed by atoms with Crippen LogP contribution in [0.5, 0.6) is 0 Å². The Balaban J connectivity index is 1.47. The maximum absolute atomic E-state index is 13.2. The van der Waals surface area contributed by atoms with Crippen LogP contribution in [0.3, 0.4) is 0 Å². The number of benzene rings is 1. The fourth-order valence-corrected chi connectivity index (χ4v) is 4.39. The largest absolute Gasteiger partial charge is 0.444 e. The first kappa shape index (κ1) is 22.6. The van der Waals surface area contributed by atoms with Gasteiger partial charge in [0.15, 0.2) is 0 Å². The summed E-state index contributed by atoms with van der Waals surface area (Å²) in [6, 6.07) is 7.50. The Hall–Kier alpha value is -3.61. The van der Waals surface area contributed by atoms with Crippen LogP contribution < -0.4 is 10.2 Å². The van der Waals surface area contributed by atoms with Gasteiger partial charge in [-0.3, -0.25) is 19.7 Å². The molecule has 1 atom stereocenters. The summed E-state index contributed by atoms with van der Waals surface area (Å²) >= 11 is 0. The second-order valence-corrected chi connectivity index (χ2v) is 9.54. The van der Waals surface area contributed by atoms with Crippen molar-refractivity contribution in [3.05, 3.63) is 29.3 Å². The molecule has 2 fully saturated rings. The van der Waals surface area contributed by atoms with Gasteiger partial charge in [0.1, 0.15) is 11.7 Å². The number of fused-ring (bicyclic) bond motifs is 1. The highest BCUT2D eigenvalue weighted by atomic mass is 16.6. The highest BCUT2D eigenvalue weighted by molar-refractivity contribution is 6.09. The van der Waals surface area contributed by atoms with Crippen molar-refractivity contribution >= 4 is 29.5 Å². The monoisotopic (exact) mass is 453 g/mol. The smallest absolute Gasteiger partial charge is 0.410 e. The molecule has 2 saturated heterocycles. The number of nitrogens with one attached hydrogen (secondary N) is 1. The van der Waals surface area contributed by atoms with E-state index in [0.717, 1.165) is 11.3 Å². The van der Waals surface area contributed by atoms with Crippen molar-refractivity contribution in [2.24, 2.45) is 0 Å². The number of rotatable bonds is 2. The predicted octanol–water partition coefficient (Wildman–Crippen LogP) is 1.40. The normalized spacial score (nSPS) is 23.2. The molecular formula is C23H27N5O5. The van der Waals surface area contributed by atoms with Crippen LogP contribution in [0.15, 0.2) is 18.2 Å². The first-order valence-electron chi connectivity index (χ1n) is 11.0. The summed E-state index contributed by atoms with van der Waals surface area (Å²) in [6.45, 7) is 7.79. The van der Waals surface area contributed by atoms with Gasteiger partial charge in [-0.1, -0.05) is 6.07 Å². The maximum atomic E-state index is 13.2. The molecule has 0 aliphatic carbocycles. The second kappa shape index (κ2) is 8.06. The number of hydrogen-bond acceptors (Lipinski definition) is 7. The van der Waals surface area contributed by atoms with Crippen molar-refractivity contribution in [2.45, 2.75) is 51.3 Å². The number of carbonyl (C=O) groups excluding carboxylic acids is 4. The molecule has 10 heteroatoms. The minimum atomic E-state index is -1.69.